The summed E-state index contributed by atoms with van der Waals surface area (Å²) in [5.41, 5.74) is -0.0292. The summed E-state index contributed by atoms with van der Waals surface area (Å²) in [4.78, 5) is 20.3. The zero-order chi connectivity index (χ0) is 15.1. The van der Waals surface area contributed by atoms with Crippen molar-refractivity contribution in [3.63, 3.8) is 0 Å². The van der Waals surface area contributed by atoms with Gasteiger partial charge < -0.3 is 5.32 Å². The Bertz CT molecular complexity index is 496. The fourth-order valence-electron chi connectivity index (χ4n) is 1.63. The lowest BCUT2D eigenvalue weighted by Gasteiger charge is -2.09. The van der Waals surface area contributed by atoms with Crippen molar-refractivity contribution < 1.29 is 9.85 Å². The highest BCUT2D eigenvalue weighted by Gasteiger charge is 2.18. The molecule has 0 aliphatic carbocycles. The monoisotopic (exact) mass is 299 g/mol. The van der Waals surface area contributed by atoms with Gasteiger partial charge in [0.15, 0.2) is 0 Å². The van der Waals surface area contributed by atoms with Crippen molar-refractivity contribution in [2.45, 2.75) is 25.1 Å². The van der Waals surface area contributed by atoms with Crippen LogP contribution in [0.3, 0.4) is 0 Å². The van der Waals surface area contributed by atoms with Crippen LogP contribution in [0.2, 0.25) is 0 Å². The first-order valence-electron chi connectivity index (χ1n) is 6.11. The van der Waals surface area contributed by atoms with Crippen molar-refractivity contribution in [2.24, 2.45) is 0 Å². The summed E-state index contributed by atoms with van der Waals surface area (Å²) in [5.74, 6) is 0. The molecule has 7 nitrogen and oxygen atoms in total. The Labute approximate surface area is 121 Å². The molecule has 1 aromatic rings. The number of thioether (sulfide) groups is 1. The second-order valence-corrected chi connectivity index (χ2v) is 5.62. The summed E-state index contributed by atoms with van der Waals surface area (Å²) in [6.07, 6.45) is 2.99. The predicted octanol–water partition coefficient (Wildman–Crippen LogP) is 2.73. The summed E-state index contributed by atoms with van der Waals surface area (Å²) in [6, 6.07) is 3.72. The summed E-state index contributed by atoms with van der Waals surface area (Å²) in [7, 11) is 0. The van der Waals surface area contributed by atoms with Crippen LogP contribution in [0, 0.1) is 20.2 Å². The van der Waals surface area contributed by atoms with Crippen LogP contribution in [0.25, 0.3) is 0 Å². The van der Waals surface area contributed by atoms with Crippen LogP contribution in [-0.4, -0.2) is 27.9 Å². The minimum atomic E-state index is -0.635. The largest absolute Gasteiger partial charge is 0.312 e. The zero-order valence-corrected chi connectivity index (χ0v) is 12.2. The van der Waals surface area contributed by atoms with E-state index in [1.165, 1.54) is 12.1 Å². The maximum atomic E-state index is 10.9. The first kappa shape index (κ1) is 16.4. The van der Waals surface area contributed by atoms with E-state index in [0.717, 1.165) is 19.0 Å². The lowest BCUT2D eigenvalue weighted by molar-refractivity contribution is -0.394. The van der Waals surface area contributed by atoms with Crippen molar-refractivity contribution in [1.29, 1.82) is 0 Å². The maximum Gasteiger partial charge on any atom is 0.280 e. The van der Waals surface area contributed by atoms with E-state index in [-0.39, 0.29) is 11.4 Å². The Hall–Kier alpha value is -1.67. The van der Waals surface area contributed by atoms with Gasteiger partial charge in [0, 0.05) is 23.4 Å². The molecule has 20 heavy (non-hydrogen) atoms. The first-order chi connectivity index (χ1) is 9.45. The molecule has 0 amide bonds. The van der Waals surface area contributed by atoms with Gasteiger partial charge in [0.25, 0.3) is 11.4 Å². The average Bonchev–Trinajstić information content (AvgIpc) is 2.42. The second-order valence-electron chi connectivity index (χ2n) is 4.34. The van der Waals surface area contributed by atoms with Crippen LogP contribution >= 0.6 is 11.8 Å². The van der Waals surface area contributed by atoms with E-state index in [2.05, 4.69) is 12.2 Å². The van der Waals surface area contributed by atoms with E-state index in [9.17, 15) is 20.2 Å². The molecule has 0 fully saturated rings. The molecule has 8 heteroatoms. The Morgan fingerprint density at radius 1 is 1.30 bits per heavy atom. The number of rotatable bonds is 8. The van der Waals surface area contributed by atoms with E-state index < -0.39 is 9.85 Å². The molecule has 110 valence electrons. The van der Waals surface area contributed by atoms with Crippen molar-refractivity contribution in [2.75, 3.05) is 12.8 Å². The van der Waals surface area contributed by atoms with Gasteiger partial charge in [-0.3, -0.25) is 20.2 Å². The highest BCUT2D eigenvalue weighted by molar-refractivity contribution is 7.99. The lowest BCUT2D eigenvalue weighted by Crippen LogP contribution is -2.18. The Morgan fingerprint density at radius 3 is 2.55 bits per heavy atom. The van der Waals surface area contributed by atoms with Gasteiger partial charge in [-0.15, -0.1) is 0 Å². The minimum Gasteiger partial charge on any atom is -0.312 e. The SMILES string of the molecule is CSC(C)CCNCc1ccc([N+](=O)[O-])cc1[N+](=O)[O-]. The Morgan fingerprint density at radius 2 is 2.00 bits per heavy atom. The van der Waals surface area contributed by atoms with E-state index in [0.29, 0.717) is 17.4 Å². The molecule has 1 rings (SSSR count). The average molecular weight is 299 g/mol. The molecule has 0 aromatic heterocycles. The molecule has 0 radical (unpaired) electrons. The molecule has 0 bridgehead atoms. The molecule has 1 aromatic carbocycles. The van der Waals surface area contributed by atoms with Gasteiger partial charge in [-0.25, -0.2) is 0 Å². The van der Waals surface area contributed by atoms with Gasteiger partial charge in [0.2, 0.25) is 0 Å². The summed E-state index contributed by atoms with van der Waals surface area (Å²) >= 11 is 1.76. The fraction of sp³-hybridized carbons (Fsp3) is 0.500. The van der Waals surface area contributed by atoms with Crippen molar-refractivity contribution in [3.05, 3.63) is 44.0 Å². The van der Waals surface area contributed by atoms with Gasteiger partial charge in [-0.2, -0.15) is 11.8 Å². The molecule has 0 saturated carbocycles. The molecule has 0 saturated heterocycles. The Kier molecular flexibility index (Phi) is 6.40. The van der Waals surface area contributed by atoms with E-state index in [4.69, 9.17) is 0 Å². The van der Waals surface area contributed by atoms with Crippen molar-refractivity contribution in [3.8, 4) is 0 Å². The number of hydrogen-bond acceptors (Lipinski definition) is 6. The third kappa shape index (κ3) is 4.78. The highest BCUT2D eigenvalue weighted by Crippen LogP contribution is 2.24. The minimum absolute atomic E-state index is 0.218. The number of non-ortho nitro benzene ring substituents is 1. The van der Waals surface area contributed by atoms with Crippen LogP contribution in [-0.2, 0) is 6.54 Å². The standard InChI is InChI=1S/C12H17N3O4S/c1-9(20-2)5-6-13-8-10-3-4-11(14(16)17)7-12(10)15(18)19/h3-4,7,9,13H,5-6,8H2,1-2H3. The normalized spacial score (nSPS) is 12.1. The Balaban J connectivity index is 2.70. The fourth-order valence-corrected chi connectivity index (χ4v) is 1.99. The van der Waals surface area contributed by atoms with Gasteiger partial charge in [-0.1, -0.05) is 6.92 Å². The van der Waals surface area contributed by atoms with E-state index in [1.54, 1.807) is 11.8 Å². The van der Waals surface area contributed by atoms with Gasteiger partial charge in [0.05, 0.1) is 15.9 Å². The topological polar surface area (TPSA) is 98.3 Å². The summed E-state index contributed by atoms with van der Waals surface area (Å²) in [6.45, 7) is 3.19. The number of nitro benzene ring substituents is 2. The predicted molar refractivity (Wildman–Crippen MR) is 79.1 cm³/mol. The van der Waals surface area contributed by atoms with Gasteiger partial charge in [-0.05, 0) is 25.3 Å². The molecule has 0 aliphatic rings. The molecule has 0 heterocycles. The van der Waals surface area contributed by atoms with E-state index >= 15 is 0 Å². The number of nitrogens with zero attached hydrogens (tertiary/aromatic N) is 2. The molecule has 1 atom stereocenters. The molecule has 0 spiro atoms. The quantitative estimate of drug-likeness (QED) is 0.450. The highest BCUT2D eigenvalue weighted by atomic mass is 32.2. The number of benzene rings is 1. The van der Waals surface area contributed by atoms with Crippen molar-refractivity contribution >= 4 is 23.1 Å². The third-order valence-electron chi connectivity index (χ3n) is 2.92. The summed E-state index contributed by atoms with van der Waals surface area (Å²) < 4.78 is 0. The van der Waals surface area contributed by atoms with Crippen LogP contribution in [0.4, 0.5) is 11.4 Å². The maximum absolute atomic E-state index is 10.9. The number of nitro groups is 2. The molecule has 0 aliphatic heterocycles. The summed E-state index contributed by atoms with van der Waals surface area (Å²) in [5, 5.41) is 25.2. The second kappa shape index (κ2) is 7.81. The smallest absolute Gasteiger partial charge is 0.280 e. The molecular weight excluding hydrogens is 282 g/mol. The van der Waals surface area contributed by atoms with Crippen LogP contribution < -0.4 is 5.32 Å². The van der Waals surface area contributed by atoms with Crippen LogP contribution in [0.1, 0.15) is 18.9 Å². The van der Waals surface area contributed by atoms with E-state index in [1.807, 2.05) is 6.26 Å². The van der Waals surface area contributed by atoms with Crippen molar-refractivity contribution in [1.82, 2.24) is 5.32 Å². The van der Waals surface area contributed by atoms with Gasteiger partial charge in [0.1, 0.15) is 0 Å². The third-order valence-corrected chi connectivity index (χ3v) is 3.96. The number of hydrogen-bond donors (Lipinski definition) is 1. The molecule has 1 unspecified atom stereocenters. The first-order valence-corrected chi connectivity index (χ1v) is 7.39. The van der Waals surface area contributed by atoms with Gasteiger partial charge >= 0.3 is 0 Å². The van der Waals surface area contributed by atoms with Crippen LogP contribution in [0.5, 0.6) is 0 Å². The number of nitrogens with one attached hydrogen (secondary N) is 1. The molecular formula is C12H17N3O4S. The molecule has 1 N–H and O–H groups in total. The zero-order valence-electron chi connectivity index (χ0n) is 11.4. The van der Waals surface area contributed by atoms with Crippen LogP contribution in [0.15, 0.2) is 18.2 Å². The lowest BCUT2D eigenvalue weighted by atomic mass is 10.1.